The normalized spacial score (nSPS) is 20.5. The molecule has 1 aliphatic rings. The maximum Gasteiger partial charge on any atom is 0.246 e. The first-order chi connectivity index (χ1) is 9.36. The summed E-state index contributed by atoms with van der Waals surface area (Å²) in [6.45, 7) is 5.38. The van der Waals surface area contributed by atoms with Gasteiger partial charge in [0.05, 0.1) is 7.11 Å². The summed E-state index contributed by atoms with van der Waals surface area (Å²) in [6.07, 6.45) is 0.904. The molecule has 2 rings (SSSR count). The zero-order valence-corrected chi connectivity index (χ0v) is 13.0. The number of methoxy groups -OCH3 is 1. The van der Waals surface area contributed by atoms with Gasteiger partial charge in [0.1, 0.15) is 10.6 Å². The molecular formula is C14H22N2O3S. The van der Waals surface area contributed by atoms with E-state index in [1.165, 1.54) is 17.5 Å². The molecule has 0 amide bonds. The second-order valence-corrected chi connectivity index (χ2v) is 7.47. The van der Waals surface area contributed by atoms with Crippen LogP contribution in [0.2, 0.25) is 0 Å². The standard InChI is InChI=1S/C14H22N2O3S/c1-10(2)11-6-7-16(9-11)20(17,18)14-8-12(15)4-5-13(14)19-3/h4-5,8,10-11H,6-7,9,15H2,1-3H3. The second-order valence-electron chi connectivity index (χ2n) is 5.57. The van der Waals surface area contributed by atoms with Gasteiger partial charge in [-0.15, -0.1) is 0 Å². The van der Waals surface area contributed by atoms with Crippen molar-refractivity contribution in [3.8, 4) is 5.75 Å². The van der Waals surface area contributed by atoms with E-state index in [-0.39, 0.29) is 4.90 Å². The highest BCUT2D eigenvalue weighted by Gasteiger charge is 2.35. The first-order valence-electron chi connectivity index (χ1n) is 6.80. The number of nitrogens with zero attached hydrogens (tertiary/aromatic N) is 1. The Hall–Kier alpha value is -1.27. The van der Waals surface area contributed by atoms with E-state index in [4.69, 9.17) is 10.5 Å². The van der Waals surface area contributed by atoms with E-state index in [1.54, 1.807) is 12.1 Å². The molecule has 1 aromatic carbocycles. The van der Waals surface area contributed by atoms with Gasteiger partial charge in [0, 0.05) is 18.8 Å². The molecule has 0 bridgehead atoms. The van der Waals surface area contributed by atoms with E-state index in [0.717, 1.165) is 6.42 Å². The minimum absolute atomic E-state index is 0.157. The first-order valence-corrected chi connectivity index (χ1v) is 8.24. The van der Waals surface area contributed by atoms with Crippen LogP contribution < -0.4 is 10.5 Å². The third-order valence-corrected chi connectivity index (χ3v) is 5.82. The van der Waals surface area contributed by atoms with Crippen molar-refractivity contribution in [2.45, 2.75) is 25.2 Å². The van der Waals surface area contributed by atoms with Crippen LogP contribution in [0.1, 0.15) is 20.3 Å². The van der Waals surface area contributed by atoms with Crippen molar-refractivity contribution in [1.29, 1.82) is 0 Å². The predicted octanol–water partition coefficient (Wildman–Crippen LogP) is 1.94. The predicted molar refractivity (Wildman–Crippen MR) is 79.1 cm³/mol. The van der Waals surface area contributed by atoms with Crippen LogP contribution in [0.5, 0.6) is 5.75 Å². The minimum Gasteiger partial charge on any atom is -0.495 e. The maximum atomic E-state index is 12.7. The second kappa shape index (κ2) is 5.61. The maximum absolute atomic E-state index is 12.7. The van der Waals surface area contributed by atoms with Crippen LogP contribution in [-0.4, -0.2) is 32.9 Å². The van der Waals surface area contributed by atoms with Crippen LogP contribution in [0.4, 0.5) is 5.69 Å². The molecule has 1 fully saturated rings. The summed E-state index contributed by atoms with van der Waals surface area (Å²) in [7, 11) is -2.08. The fraction of sp³-hybridized carbons (Fsp3) is 0.571. The van der Waals surface area contributed by atoms with Crippen molar-refractivity contribution < 1.29 is 13.2 Å². The molecule has 0 radical (unpaired) electrons. The van der Waals surface area contributed by atoms with E-state index in [9.17, 15) is 8.42 Å². The van der Waals surface area contributed by atoms with E-state index < -0.39 is 10.0 Å². The lowest BCUT2D eigenvalue weighted by molar-refractivity contribution is 0.382. The van der Waals surface area contributed by atoms with Crippen LogP contribution >= 0.6 is 0 Å². The molecule has 1 aromatic rings. The quantitative estimate of drug-likeness (QED) is 0.862. The molecule has 1 saturated heterocycles. The summed E-state index contributed by atoms with van der Waals surface area (Å²) in [5.41, 5.74) is 6.13. The van der Waals surface area contributed by atoms with Gasteiger partial charge in [0.2, 0.25) is 10.0 Å². The Morgan fingerprint density at radius 1 is 1.40 bits per heavy atom. The van der Waals surface area contributed by atoms with Gasteiger partial charge in [0.15, 0.2) is 0 Å². The van der Waals surface area contributed by atoms with E-state index in [0.29, 0.717) is 36.4 Å². The molecule has 0 aliphatic carbocycles. The number of hydrogen-bond acceptors (Lipinski definition) is 4. The summed E-state index contributed by atoms with van der Waals surface area (Å²) in [5.74, 6) is 1.24. The summed E-state index contributed by atoms with van der Waals surface area (Å²) in [4.78, 5) is 0.157. The van der Waals surface area contributed by atoms with Gasteiger partial charge in [-0.2, -0.15) is 4.31 Å². The van der Waals surface area contributed by atoms with Crippen LogP contribution in [0.3, 0.4) is 0 Å². The first kappa shape index (κ1) is 15.1. The highest BCUT2D eigenvalue weighted by molar-refractivity contribution is 7.89. The summed E-state index contributed by atoms with van der Waals surface area (Å²) < 4.78 is 32.1. The van der Waals surface area contributed by atoms with Crippen LogP contribution in [0.15, 0.2) is 23.1 Å². The van der Waals surface area contributed by atoms with Gasteiger partial charge in [0.25, 0.3) is 0 Å². The lowest BCUT2D eigenvalue weighted by Crippen LogP contribution is -2.30. The van der Waals surface area contributed by atoms with Gasteiger partial charge in [-0.25, -0.2) is 8.42 Å². The summed E-state index contributed by atoms with van der Waals surface area (Å²) >= 11 is 0. The summed E-state index contributed by atoms with van der Waals surface area (Å²) in [6, 6.07) is 4.70. The third-order valence-electron chi connectivity index (χ3n) is 3.94. The fourth-order valence-electron chi connectivity index (χ4n) is 2.55. The van der Waals surface area contributed by atoms with E-state index >= 15 is 0 Å². The Kier molecular flexibility index (Phi) is 4.25. The van der Waals surface area contributed by atoms with Crippen molar-refractivity contribution in [3.05, 3.63) is 18.2 Å². The number of sulfonamides is 1. The number of anilines is 1. The number of hydrogen-bond donors (Lipinski definition) is 1. The average Bonchev–Trinajstić information content (AvgIpc) is 2.89. The molecule has 1 unspecified atom stereocenters. The highest BCUT2D eigenvalue weighted by atomic mass is 32.2. The number of ether oxygens (including phenoxy) is 1. The van der Waals surface area contributed by atoms with Crippen LogP contribution in [-0.2, 0) is 10.0 Å². The largest absolute Gasteiger partial charge is 0.495 e. The lowest BCUT2D eigenvalue weighted by atomic mass is 9.96. The van der Waals surface area contributed by atoms with Crippen LogP contribution in [0, 0.1) is 11.8 Å². The Balaban J connectivity index is 2.34. The van der Waals surface area contributed by atoms with Gasteiger partial charge in [-0.05, 0) is 36.5 Å². The molecule has 0 aromatic heterocycles. The van der Waals surface area contributed by atoms with Crippen molar-refractivity contribution in [3.63, 3.8) is 0 Å². The number of nitrogens with two attached hydrogens (primary N) is 1. The number of nitrogen functional groups attached to an aromatic ring is 1. The molecule has 20 heavy (non-hydrogen) atoms. The Morgan fingerprint density at radius 2 is 2.10 bits per heavy atom. The molecular weight excluding hydrogens is 276 g/mol. The monoisotopic (exact) mass is 298 g/mol. The van der Waals surface area contributed by atoms with Crippen molar-refractivity contribution in [2.24, 2.45) is 11.8 Å². The molecule has 1 atom stereocenters. The van der Waals surface area contributed by atoms with Gasteiger partial charge >= 0.3 is 0 Å². The average molecular weight is 298 g/mol. The minimum atomic E-state index is -3.54. The zero-order valence-electron chi connectivity index (χ0n) is 12.2. The van der Waals surface area contributed by atoms with Gasteiger partial charge in [-0.3, -0.25) is 0 Å². The number of rotatable bonds is 4. The highest BCUT2D eigenvalue weighted by Crippen LogP contribution is 2.33. The van der Waals surface area contributed by atoms with E-state index in [1.807, 2.05) is 0 Å². The van der Waals surface area contributed by atoms with Crippen LogP contribution in [0.25, 0.3) is 0 Å². The lowest BCUT2D eigenvalue weighted by Gasteiger charge is -2.19. The molecule has 5 nitrogen and oxygen atoms in total. The Morgan fingerprint density at radius 3 is 2.65 bits per heavy atom. The summed E-state index contributed by atoms with van der Waals surface area (Å²) in [5, 5.41) is 0. The van der Waals surface area contributed by atoms with Crippen molar-refractivity contribution in [1.82, 2.24) is 4.31 Å². The molecule has 112 valence electrons. The van der Waals surface area contributed by atoms with Crippen molar-refractivity contribution in [2.75, 3.05) is 25.9 Å². The topological polar surface area (TPSA) is 72.6 Å². The van der Waals surface area contributed by atoms with Gasteiger partial charge < -0.3 is 10.5 Å². The van der Waals surface area contributed by atoms with Gasteiger partial charge in [-0.1, -0.05) is 13.8 Å². The van der Waals surface area contributed by atoms with E-state index in [2.05, 4.69) is 13.8 Å². The van der Waals surface area contributed by atoms with Crippen molar-refractivity contribution >= 4 is 15.7 Å². The molecule has 1 aliphatic heterocycles. The Labute approximate surface area is 120 Å². The number of benzene rings is 1. The SMILES string of the molecule is COc1ccc(N)cc1S(=O)(=O)N1CCC(C(C)C)C1. The Bertz CT molecular complexity index is 584. The molecule has 2 N–H and O–H groups in total. The molecule has 0 spiro atoms. The fourth-order valence-corrected chi connectivity index (χ4v) is 4.25. The third kappa shape index (κ3) is 2.76. The zero-order chi connectivity index (χ0) is 14.9. The smallest absolute Gasteiger partial charge is 0.246 e. The molecule has 6 heteroatoms. The molecule has 1 heterocycles. The molecule has 0 saturated carbocycles.